The van der Waals surface area contributed by atoms with E-state index in [1.165, 1.54) is 5.56 Å². The van der Waals surface area contributed by atoms with Gasteiger partial charge in [-0.3, -0.25) is 4.68 Å². The maximum atomic E-state index is 6.19. The summed E-state index contributed by atoms with van der Waals surface area (Å²) in [4.78, 5) is 0. The summed E-state index contributed by atoms with van der Waals surface area (Å²) in [7, 11) is 0. The van der Waals surface area contributed by atoms with Crippen LogP contribution in [0.1, 0.15) is 43.9 Å². The Morgan fingerprint density at radius 2 is 2.05 bits per heavy atom. The average molecular weight is 371 g/mol. The van der Waals surface area contributed by atoms with Gasteiger partial charge in [0, 0.05) is 27.8 Å². The van der Waals surface area contributed by atoms with Gasteiger partial charge in [0.1, 0.15) is 0 Å². The number of aryl methyl sites for hydroxylation is 1. The summed E-state index contributed by atoms with van der Waals surface area (Å²) in [6.07, 6.45) is 6.22. The molecule has 21 heavy (non-hydrogen) atoms. The van der Waals surface area contributed by atoms with Crippen molar-refractivity contribution in [2.24, 2.45) is 0 Å². The quantitative estimate of drug-likeness (QED) is 0.759. The van der Waals surface area contributed by atoms with Crippen LogP contribution < -0.4 is 5.32 Å². The van der Waals surface area contributed by atoms with E-state index >= 15 is 0 Å². The average Bonchev–Trinajstić information content (AvgIpc) is 2.87. The second-order valence-electron chi connectivity index (χ2n) is 5.13. The molecular formula is C16H21BrClN3. The molecule has 0 spiro atoms. The first-order valence-corrected chi connectivity index (χ1v) is 8.52. The zero-order chi connectivity index (χ0) is 15.2. The smallest absolute Gasteiger partial charge is 0.0608 e. The fourth-order valence-electron chi connectivity index (χ4n) is 2.34. The van der Waals surface area contributed by atoms with E-state index in [-0.39, 0.29) is 6.04 Å². The topological polar surface area (TPSA) is 29.9 Å². The zero-order valence-corrected chi connectivity index (χ0v) is 14.8. The van der Waals surface area contributed by atoms with Gasteiger partial charge in [-0.2, -0.15) is 5.10 Å². The van der Waals surface area contributed by atoms with E-state index in [2.05, 4.69) is 52.5 Å². The highest BCUT2D eigenvalue weighted by Crippen LogP contribution is 2.28. The van der Waals surface area contributed by atoms with E-state index < -0.39 is 0 Å². The van der Waals surface area contributed by atoms with Crippen LogP contribution in [0.5, 0.6) is 0 Å². The lowest BCUT2D eigenvalue weighted by molar-refractivity contribution is 0.588. The molecule has 5 heteroatoms. The van der Waals surface area contributed by atoms with Crippen molar-refractivity contribution >= 4 is 27.5 Å². The highest BCUT2D eigenvalue weighted by molar-refractivity contribution is 9.10. The summed E-state index contributed by atoms with van der Waals surface area (Å²) in [5, 5.41) is 8.76. The molecule has 1 heterocycles. The molecule has 1 N–H and O–H groups in total. The third kappa shape index (κ3) is 4.56. The maximum absolute atomic E-state index is 6.19. The molecular weight excluding hydrogens is 350 g/mol. The van der Waals surface area contributed by atoms with Crippen LogP contribution in [0.3, 0.4) is 0 Å². The van der Waals surface area contributed by atoms with Crippen LogP contribution in [0.2, 0.25) is 5.02 Å². The van der Waals surface area contributed by atoms with Gasteiger partial charge >= 0.3 is 0 Å². The molecule has 0 aliphatic heterocycles. The summed E-state index contributed by atoms with van der Waals surface area (Å²) >= 11 is 9.71. The fourth-order valence-corrected chi connectivity index (χ4v) is 3.22. The zero-order valence-electron chi connectivity index (χ0n) is 12.4. The molecule has 2 rings (SSSR count). The number of nitrogens with zero attached hydrogens (tertiary/aromatic N) is 2. The monoisotopic (exact) mass is 369 g/mol. The van der Waals surface area contributed by atoms with Crippen molar-refractivity contribution in [1.82, 2.24) is 15.1 Å². The number of benzene rings is 1. The van der Waals surface area contributed by atoms with Crippen LogP contribution >= 0.6 is 27.5 Å². The molecule has 0 aliphatic rings. The highest BCUT2D eigenvalue weighted by atomic mass is 79.9. The molecule has 0 aliphatic carbocycles. The lowest BCUT2D eigenvalue weighted by Crippen LogP contribution is -2.23. The molecule has 0 amide bonds. The molecule has 0 fully saturated rings. The van der Waals surface area contributed by atoms with E-state index in [4.69, 9.17) is 11.6 Å². The molecule has 2 aromatic rings. The van der Waals surface area contributed by atoms with Gasteiger partial charge < -0.3 is 5.32 Å². The van der Waals surface area contributed by atoms with Gasteiger partial charge in [0.15, 0.2) is 0 Å². The van der Waals surface area contributed by atoms with E-state index in [9.17, 15) is 0 Å². The maximum Gasteiger partial charge on any atom is 0.0608 e. The Morgan fingerprint density at radius 1 is 1.24 bits per heavy atom. The van der Waals surface area contributed by atoms with Crippen molar-refractivity contribution in [2.75, 3.05) is 6.54 Å². The number of nitrogens with one attached hydrogen (secondary N) is 1. The summed E-state index contributed by atoms with van der Waals surface area (Å²) in [6, 6.07) is 6.14. The lowest BCUT2D eigenvalue weighted by atomic mass is 10.0. The predicted molar refractivity (Wildman–Crippen MR) is 91.8 cm³/mol. The highest BCUT2D eigenvalue weighted by Gasteiger charge is 2.16. The van der Waals surface area contributed by atoms with Crippen LogP contribution in [0, 0.1) is 0 Å². The standard InChI is InChI=1S/C16H21BrClN3/c1-3-5-19-16(12-7-14(17)9-15(18)8-12)13-10-20-21(11-13)6-4-2/h7-11,16,19H,3-6H2,1-2H3. The third-order valence-corrected chi connectivity index (χ3v) is 3.93. The van der Waals surface area contributed by atoms with Crippen LogP contribution in [-0.2, 0) is 6.54 Å². The number of rotatable bonds is 7. The minimum Gasteiger partial charge on any atom is -0.306 e. The molecule has 1 unspecified atom stereocenters. The first-order valence-electron chi connectivity index (χ1n) is 7.35. The van der Waals surface area contributed by atoms with Gasteiger partial charge in [0.05, 0.1) is 12.2 Å². The molecule has 1 aromatic carbocycles. The van der Waals surface area contributed by atoms with E-state index in [0.717, 1.165) is 41.0 Å². The molecule has 114 valence electrons. The second-order valence-corrected chi connectivity index (χ2v) is 6.48. The number of hydrogen-bond donors (Lipinski definition) is 1. The van der Waals surface area contributed by atoms with Gasteiger partial charge in [-0.15, -0.1) is 0 Å². The van der Waals surface area contributed by atoms with Crippen LogP contribution in [0.25, 0.3) is 0 Å². The Kier molecular flexibility index (Phi) is 6.27. The van der Waals surface area contributed by atoms with E-state index in [0.29, 0.717) is 0 Å². The number of hydrogen-bond acceptors (Lipinski definition) is 2. The Labute approximate surface area is 139 Å². The molecule has 0 saturated carbocycles. The fraction of sp³-hybridized carbons (Fsp3) is 0.438. The Morgan fingerprint density at radius 3 is 2.71 bits per heavy atom. The lowest BCUT2D eigenvalue weighted by Gasteiger charge is -2.18. The first kappa shape index (κ1) is 16.5. The van der Waals surface area contributed by atoms with Crippen LogP contribution in [-0.4, -0.2) is 16.3 Å². The summed E-state index contributed by atoms with van der Waals surface area (Å²) in [5.41, 5.74) is 2.32. The van der Waals surface area contributed by atoms with Crippen molar-refractivity contribution in [3.05, 3.63) is 51.2 Å². The molecule has 3 nitrogen and oxygen atoms in total. The van der Waals surface area contributed by atoms with Gasteiger partial charge in [0.2, 0.25) is 0 Å². The largest absolute Gasteiger partial charge is 0.306 e. The van der Waals surface area contributed by atoms with Crippen LogP contribution in [0.15, 0.2) is 35.1 Å². The van der Waals surface area contributed by atoms with Crippen molar-refractivity contribution in [3.8, 4) is 0 Å². The third-order valence-electron chi connectivity index (χ3n) is 3.26. The molecule has 0 bridgehead atoms. The normalized spacial score (nSPS) is 12.6. The van der Waals surface area contributed by atoms with Gasteiger partial charge in [-0.05, 0) is 43.1 Å². The minimum atomic E-state index is 0.116. The van der Waals surface area contributed by atoms with E-state index in [1.54, 1.807) is 0 Å². The Bertz CT molecular complexity index is 562. The summed E-state index contributed by atoms with van der Waals surface area (Å²) in [5.74, 6) is 0. The predicted octanol–water partition coefficient (Wildman–Crippen LogP) is 4.80. The number of halogens is 2. The first-order chi connectivity index (χ1) is 10.1. The molecule has 0 saturated heterocycles. The van der Waals surface area contributed by atoms with Gasteiger partial charge in [-0.1, -0.05) is 41.4 Å². The second kappa shape index (κ2) is 7.97. The molecule has 1 aromatic heterocycles. The Balaban J connectivity index is 2.31. The SMILES string of the molecule is CCCNC(c1cc(Cl)cc(Br)c1)c1cnn(CCC)c1. The number of aromatic nitrogens is 2. The van der Waals surface area contributed by atoms with E-state index in [1.807, 2.05) is 23.0 Å². The van der Waals surface area contributed by atoms with Gasteiger partial charge in [0.25, 0.3) is 0 Å². The van der Waals surface area contributed by atoms with Crippen LogP contribution in [0.4, 0.5) is 0 Å². The van der Waals surface area contributed by atoms with Crippen molar-refractivity contribution in [1.29, 1.82) is 0 Å². The molecule has 1 atom stereocenters. The minimum absolute atomic E-state index is 0.116. The molecule has 0 radical (unpaired) electrons. The van der Waals surface area contributed by atoms with Gasteiger partial charge in [-0.25, -0.2) is 0 Å². The summed E-state index contributed by atoms with van der Waals surface area (Å²) < 4.78 is 2.99. The Hall–Kier alpha value is -0.840. The summed E-state index contributed by atoms with van der Waals surface area (Å²) in [6.45, 7) is 6.22. The van der Waals surface area contributed by atoms with Crippen molar-refractivity contribution in [2.45, 2.75) is 39.3 Å². The van der Waals surface area contributed by atoms with Crippen molar-refractivity contribution in [3.63, 3.8) is 0 Å². The van der Waals surface area contributed by atoms with Crippen molar-refractivity contribution < 1.29 is 0 Å².